The van der Waals surface area contributed by atoms with Gasteiger partial charge in [0.25, 0.3) is 0 Å². The van der Waals surface area contributed by atoms with E-state index in [1.807, 2.05) is 0 Å². The van der Waals surface area contributed by atoms with Gasteiger partial charge in [-0.1, -0.05) is 0 Å². The molecule has 1 aliphatic heterocycles. The number of unbranched alkanes of at least 4 members (excludes halogenated alkanes) is 1. The monoisotopic (exact) mass is 242 g/mol. The number of likely N-dealkylation sites (tertiary alicyclic amines) is 1. The van der Waals surface area contributed by atoms with E-state index in [9.17, 15) is 9.59 Å². The molecule has 1 unspecified atom stereocenters. The van der Waals surface area contributed by atoms with Gasteiger partial charge in [0.05, 0.1) is 5.41 Å². The number of carbonyl (C=O) groups excluding carboxylic acids is 1. The summed E-state index contributed by atoms with van der Waals surface area (Å²) in [6.45, 7) is 3.34. The molecule has 0 radical (unpaired) electrons. The molecular weight excluding hydrogens is 220 g/mol. The first kappa shape index (κ1) is 14.0. The molecule has 0 aromatic heterocycles. The molecule has 1 amide bonds. The largest absolute Gasteiger partial charge is 0.481 e. The number of amides is 1. The zero-order valence-electron chi connectivity index (χ0n) is 10.4. The molecule has 5 nitrogen and oxygen atoms in total. The van der Waals surface area contributed by atoms with Crippen LogP contribution in [0.15, 0.2) is 0 Å². The summed E-state index contributed by atoms with van der Waals surface area (Å²) in [5.41, 5.74) is 4.60. The minimum atomic E-state index is -0.808. The van der Waals surface area contributed by atoms with E-state index in [4.69, 9.17) is 10.8 Å². The molecule has 0 bridgehead atoms. The van der Waals surface area contributed by atoms with E-state index in [0.717, 1.165) is 19.3 Å². The van der Waals surface area contributed by atoms with Gasteiger partial charge in [-0.3, -0.25) is 9.59 Å². The summed E-state index contributed by atoms with van der Waals surface area (Å²) in [5.74, 6) is -0.748. The molecule has 1 saturated heterocycles. The van der Waals surface area contributed by atoms with E-state index in [1.54, 1.807) is 11.8 Å². The lowest BCUT2D eigenvalue weighted by Gasteiger charge is -2.37. The van der Waals surface area contributed by atoms with Gasteiger partial charge in [0.15, 0.2) is 0 Å². The van der Waals surface area contributed by atoms with Crippen LogP contribution in [0.5, 0.6) is 0 Å². The second kappa shape index (κ2) is 6.00. The van der Waals surface area contributed by atoms with E-state index in [1.165, 1.54) is 0 Å². The molecule has 0 saturated carbocycles. The average Bonchev–Trinajstić information content (AvgIpc) is 2.29. The zero-order chi connectivity index (χ0) is 12.9. The lowest BCUT2D eigenvalue weighted by molar-refractivity contribution is -0.153. The Balaban J connectivity index is 2.49. The SMILES string of the molecule is CC1(C(=O)O)CCCN(C(=O)CCCCN)C1. The maximum Gasteiger partial charge on any atom is 0.311 e. The third-order valence-electron chi connectivity index (χ3n) is 3.41. The number of carbonyl (C=O) groups is 2. The lowest BCUT2D eigenvalue weighted by Crippen LogP contribution is -2.48. The topological polar surface area (TPSA) is 83.6 Å². The first-order valence-corrected chi connectivity index (χ1v) is 6.21. The van der Waals surface area contributed by atoms with Gasteiger partial charge in [0.1, 0.15) is 0 Å². The van der Waals surface area contributed by atoms with Crippen LogP contribution in [0.1, 0.15) is 39.0 Å². The van der Waals surface area contributed by atoms with Gasteiger partial charge < -0.3 is 15.7 Å². The van der Waals surface area contributed by atoms with Gasteiger partial charge >= 0.3 is 5.97 Å². The molecule has 1 heterocycles. The number of aliphatic carboxylic acids is 1. The van der Waals surface area contributed by atoms with Crippen LogP contribution in [0, 0.1) is 5.41 Å². The summed E-state index contributed by atoms with van der Waals surface area (Å²) in [6.07, 6.45) is 3.53. The Morgan fingerprint density at radius 1 is 1.41 bits per heavy atom. The highest BCUT2D eigenvalue weighted by Gasteiger charge is 2.39. The quantitative estimate of drug-likeness (QED) is 0.699. The summed E-state index contributed by atoms with van der Waals surface area (Å²) < 4.78 is 0. The number of carboxylic acid groups (broad SMARTS) is 1. The number of nitrogens with zero attached hydrogens (tertiary/aromatic N) is 1. The molecule has 0 aromatic carbocycles. The van der Waals surface area contributed by atoms with Crippen LogP contribution < -0.4 is 5.73 Å². The van der Waals surface area contributed by atoms with Crippen LogP contribution in [0.25, 0.3) is 0 Å². The van der Waals surface area contributed by atoms with E-state index < -0.39 is 11.4 Å². The predicted molar refractivity (Wildman–Crippen MR) is 64.5 cm³/mol. The highest BCUT2D eigenvalue weighted by Crippen LogP contribution is 2.30. The Bertz CT molecular complexity index is 293. The van der Waals surface area contributed by atoms with Gasteiger partial charge in [-0.25, -0.2) is 0 Å². The van der Waals surface area contributed by atoms with Crippen LogP contribution in [0.4, 0.5) is 0 Å². The molecule has 17 heavy (non-hydrogen) atoms. The number of nitrogens with two attached hydrogens (primary N) is 1. The Morgan fingerprint density at radius 3 is 2.71 bits per heavy atom. The smallest absolute Gasteiger partial charge is 0.311 e. The number of piperidine rings is 1. The first-order valence-electron chi connectivity index (χ1n) is 6.21. The third-order valence-corrected chi connectivity index (χ3v) is 3.41. The molecule has 3 N–H and O–H groups in total. The number of hydrogen-bond acceptors (Lipinski definition) is 3. The summed E-state index contributed by atoms with van der Waals surface area (Å²) in [4.78, 5) is 24.7. The Kier molecular flexibility index (Phi) is 4.93. The van der Waals surface area contributed by atoms with Crippen molar-refractivity contribution in [2.75, 3.05) is 19.6 Å². The van der Waals surface area contributed by atoms with Crippen LogP contribution in [-0.2, 0) is 9.59 Å². The number of hydrogen-bond donors (Lipinski definition) is 2. The van der Waals surface area contributed by atoms with Gasteiger partial charge in [0, 0.05) is 19.5 Å². The van der Waals surface area contributed by atoms with Crippen molar-refractivity contribution in [2.45, 2.75) is 39.0 Å². The molecule has 1 rings (SSSR count). The normalized spacial score (nSPS) is 24.7. The summed E-state index contributed by atoms with van der Waals surface area (Å²) in [5, 5.41) is 9.16. The summed E-state index contributed by atoms with van der Waals surface area (Å²) in [7, 11) is 0. The summed E-state index contributed by atoms with van der Waals surface area (Å²) >= 11 is 0. The minimum absolute atomic E-state index is 0.0608. The zero-order valence-corrected chi connectivity index (χ0v) is 10.4. The average molecular weight is 242 g/mol. The van der Waals surface area contributed by atoms with Crippen molar-refractivity contribution in [3.8, 4) is 0 Å². The molecule has 98 valence electrons. The third kappa shape index (κ3) is 3.70. The van der Waals surface area contributed by atoms with Crippen LogP contribution in [0.2, 0.25) is 0 Å². The second-order valence-corrected chi connectivity index (χ2v) is 5.03. The van der Waals surface area contributed by atoms with Crippen molar-refractivity contribution in [1.82, 2.24) is 4.90 Å². The van der Waals surface area contributed by atoms with Crippen LogP contribution in [0.3, 0.4) is 0 Å². The Morgan fingerprint density at radius 2 is 2.12 bits per heavy atom. The van der Waals surface area contributed by atoms with Crippen molar-refractivity contribution in [3.05, 3.63) is 0 Å². The molecule has 0 aromatic rings. The Labute approximate surface area is 102 Å². The van der Waals surface area contributed by atoms with Crippen molar-refractivity contribution >= 4 is 11.9 Å². The molecule has 1 fully saturated rings. The Hall–Kier alpha value is -1.10. The molecule has 5 heteroatoms. The van der Waals surface area contributed by atoms with Gasteiger partial charge in [-0.2, -0.15) is 0 Å². The van der Waals surface area contributed by atoms with Crippen LogP contribution >= 0.6 is 0 Å². The van der Waals surface area contributed by atoms with E-state index in [0.29, 0.717) is 32.5 Å². The first-order chi connectivity index (χ1) is 7.99. The van der Waals surface area contributed by atoms with Crippen LogP contribution in [-0.4, -0.2) is 41.5 Å². The molecular formula is C12H22N2O3. The predicted octanol–water partition coefficient (Wildman–Crippen LogP) is 0.829. The van der Waals surface area contributed by atoms with E-state index >= 15 is 0 Å². The molecule has 0 spiro atoms. The summed E-state index contributed by atoms with van der Waals surface area (Å²) in [6, 6.07) is 0. The van der Waals surface area contributed by atoms with E-state index in [-0.39, 0.29) is 5.91 Å². The maximum atomic E-state index is 11.9. The van der Waals surface area contributed by atoms with Crippen molar-refractivity contribution in [1.29, 1.82) is 0 Å². The fourth-order valence-corrected chi connectivity index (χ4v) is 2.21. The van der Waals surface area contributed by atoms with Gasteiger partial charge in [-0.15, -0.1) is 0 Å². The van der Waals surface area contributed by atoms with Crippen molar-refractivity contribution in [3.63, 3.8) is 0 Å². The molecule has 0 aliphatic carbocycles. The van der Waals surface area contributed by atoms with Gasteiger partial charge in [0.2, 0.25) is 5.91 Å². The maximum absolute atomic E-state index is 11.9. The molecule has 1 aliphatic rings. The number of rotatable bonds is 5. The molecule has 1 atom stereocenters. The second-order valence-electron chi connectivity index (χ2n) is 5.03. The highest BCUT2D eigenvalue weighted by atomic mass is 16.4. The fraction of sp³-hybridized carbons (Fsp3) is 0.833. The highest BCUT2D eigenvalue weighted by molar-refractivity contribution is 5.79. The lowest BCUT2D eigenvalue weighted by atomic mass is 9.82. The standard InChI is InChI=1S/C12H22N2O3/c1-12(11(16)17)6-4-8-14(9-12)10(15)5-2-3-7-13/h2-9,13H2,1H3,(H,16,17). The van der Waals surface area contributed by atoms with Crippen molar-refractivity contribution < 1.29 is 14.7 Å². The van der Waals surface area contributed by atoms with Crippen molar-refractivity contribution in [2.24, 2.45) is 11.1 Å². The number of carboxylic acids is 1. The fourth-order valence-electron chi connectivity index (χ4n) is 2.21. The van der Waals surface area contributed by atoms with Gasteiger partial charge in [-0.05, 0) is 39.2 Å². The minimum Gasteiger partial charge on any atom is -0.481 e. The van der Waals surface area contributed by atoms with E-state index in [2.05, 4.69) is 0 Å².